The van der Waals surface area contributed by atoms with Gasteiger partial charge in [-0.25, -0.2) is 4.39 Å². The lowest BCUT2D eigenvalue weighted by Gasteiger charge is -2.18. The van der Waals surface area contributed by atoms with Crippen LogP contribution in [0.2, 0.25) is 0 Å². The average Bonchev–Trinajstić information content (AvgIpc) is 2.16. The van der Waals surface area contributed by atoms with Crippen molar-refractivity contribution in [1.29, 1.82) is 0 Å². The van der Waals surface area contributed by atoms with Crippen LogP contribution in [0.1, 0.15) is 18.5 Å². The van der Waals surface area contributed by atoms with E-state index in [-0.39, 0.29) is 11.9 Å². The van der Waals surface area contributed by atoms with Crippen molar-refractivity contribution in [3.63, 3.8) is 0 Å². The van der Waals surface area contributed by atoms with Crippen LogP contribution in [0.3, 0.4) is 0 Å². The maximum absolute atomic E-state index is 13.1. The van der Waals surface area contributed by atoms with E-state index in [0.29, 0.717) is 5.56 Å². The molecule has 3 nitrogen and oxygen atoms in total. The molecule has 0 spiro atoms. The van der Waals surface area contributed by atoms with Gasteiger partial charge in [0.2, 0.25) is 0 Å². The first-order valence-corrected chi connectivity index (χ1v) is 4.04. The van der Waals surface area contributed by atoms with Crippen LogP contribution in [0, 0.1) is 5.82 Å². The molecular formula is C9H13FN2O. The maximum Gasteiger partial charge on any atom is 0.146 e. The Morgan fingerprint density at radius 2 is 2.31 bits per heavy atom. The molecule has 2 N–H and O–H groups in total. The predicted octanol–water partition coefficient (Wildman–Crippen LogP) is 1.26. The number of aromatic nitrogens is 1. The summed E-state index contributed by atoms with van der Waals surface area (Å²) in [5.41, 5.74) is 6.19. The second-order valence-corrected chi connectivity index (χ2v) is 2.86. The Bertz CT molecular complexity index is 280. The first-order valence-electron chi connectivity index (χ1n) is 4.04. The number of methoxy groups -OCH3 is 1. The highest BCUT2D eigenvalue weighted by Gasteiger charge is 2.17. The Hall–Kier alpha value is -1.00. The summed E-state index contributed by atoms with van der Waals surface area (Å²) >= 11 is 0. The molecule has 13 heavy (non-hydrogen) atoms. The van der Waals surface area contributed by atoms with E-state index in [0.717, 1.165) is 6.20 Å². The van der Waals surface area contributed by atoms with Crippen LogP contribution in [0.15, 0.2) is 18.5 Å². The average molecular weight is 184 g/mol. The normalized spacial score (nSPS) is 15.4. The van der Waals surface area contributed by atoms with E-state index in [1.54, 1.807) is 20.1 Å². The van der Waals surface area contributed by atoms with E-state index in [2.05, 4.69) is 4.98 Å². The Morgan fingerprint density at radius 3 is 2.85 bits per heavy atom. The molecule has 1 heterocycles. The third kappa shape index (κ3) is 2.23. The van der Waals surface area contributed by atoms with Gasteiger partial charge in [0.25, 0.3) is 0 Å². The van der Waals surface area contributed by atoms with Gasteiger partial charge in [-0.2, -0.15) is 0 Å². The molecule has 0 fully saturated rings. The number of halogens is 1. The quantitative estimate of drug-likeness (QED) is 0.769. The molecule has 2 unspecified atom stereocenters. The summed E-state index contributed by atoms with van der Waals surface area (Å²) in [6.07, 6.45) is 2.45. The van der Waals surface area contributed by atoms with Gasteiger partial charge in [-0.1, -0.05) is 0 Å². The standard InChI is InChI=1S/C9H13FN2O/c1-6(13-2)9(11)7-3-4-12-5-8(7)10/h3-6,9H,11H2,1-2H3. The third-order valence-corrected chi connectivity index (χ3v) is 2.04. The molecule has 0 saturated carbocycles. The molecule has 72 valence electrons. The zero-order valence-corrected chi connectivity index (χ0v) is 7.70. The number of nitrogens with zero attached hydrogens (tertiary/aromatic N) is 1. The van der Waals surface area contributed by atoms with Gasteiger partial charge in [0, 0.05) is 18.9 Å². The van der Waals surface area contributed by atoms with Crippen LogP contribution in [0.5, 0.6) is 0 Å². The Morgan fingerprint density at radius 1 is 1.62 bits per heavy atom. The summed E-state index contributed by atoms with van der Waals surface area (Å²) in [5.74, 6) is -0.390. The molecule has 0 amide bonds. The minimum atomic E-state index is -0.451. The van der Waals surface area contributed by atoms with Crippen LogP contribution in [-0.2, 0) is 4.74 Å². The minimum Gasteiger partial charge on any atom is -0.380 e. The Kier molecular flexibility index (Phi) is 3.33. The number of ether oxygens (including phenoxy) is 1. The van der Waals surface area contributed by atoms with Crippen molar-refractivity contribution >= 4 is 0 Å². The van der Waals surface area contributed by atoms with Gasteiger partial charge in [0.1, 0.15) is 5.82 Å². The SMILES string of the molecule is COC(C)C(N)c1ccncc1F. The predicted molar refractivity (Wildman–Crippen MR) is 47.6 cm³/mol. The van der Waals surface area contributed by atoms with Crippen molar-refractivity contribution in [2.45, 2.75) is 19.1 Å². The van der Waals surface area contributed by atoms with Gasteiger partial charge >= 0.3 is 0 Å². The Labute approximate surface area is 76.7 Å². The number of nitrogens with two attached hydrogens (primary N) is 1. The van der Waals surface area contributed by atoms with Gasteiger partial charge in [-0.05, 0) is 13.0 Å². The van der Waals surface area contributed by atoms with E-state index in [9.17, 15) is 4.39 Å². The zero-order valence-electron chi connectivity index (χ0n) is 7.70. The van der Waals surface area contributed by atoms with Crippen LogP contribution < -0.4 is 5.73 Å². The van der Waals surface area contributed by atoms with Crippen LogP contribution >= 0.6 is 0 Å². The monoisotopic (exact) mass is 184 g/mol. The van der Waals surface area contributed by atoms with E-state index >= 15 is 0 Å². The lowest BCUT2D eigenvalue weighted by Crippen LogP contribution is -2.26. The van der Waals surface area contributed by atoms with Crippen LogP contribution in [0.25, 0.3) is 0 Å². The van der Waals surface area contributed by atoms with Crippen molar-refractivity contribution in [3.05, 3.63) is 29.8 Å². The van der Waals surface area contributed by atoms with E-state index in [1.165, 1.54) is 6.20 Å². The largest absolute Gasteiger partial charge is 0.380 e. The van der Waals surface area contributed by atoms with Crippen molar-refractivity contribution in [1.82, 2.24) is 4.98 Å². The van der Waals surface area contributed by atoms with Gasteiger partial charge in [-0.3, -0.25) is 4.98 Å². The highest BCUT2D eigenvalue weighted by molar-refractivity contribution is 5.17. The lowest BCUT2D eigenvalue weighted by molar-refractivity contribution is 0.0945. The molecule has 0 aliphatic rings. The summed E-state index contributed by atoms with van der Waals surface area (Å²) in [6.45, 7) is 1.80. The van der Waals surface area contributed by atoms with E-state index in [1.807, 2.05) is 0 Å². The van der Waals surface area contributed by atoms with Gasteiger partial charge in [0.15, 0.2) is 0 Å². The fourth-order valence-corrected chi connectivity index (χ4v) is 1.06. The summed E-state index contributed by atoms with van der Waals surface area (Å²) in [6, 6.07) is 1.11. The highest BCUT2D eigenvalue weighted by Crippen LogP contribution is 2.17. The summed E-state index contributed by atoms with van der Waals surface area (Å²) in [7, 11) is 1.55. The third-order valence-electron chi connectivity index (χ3n) is 2.04. The van der Waals surface area contributed by atoms with Gasteiger partial charge in [-0.15, -0.1) is 0 Å². The van der Waals surface area contributed by atoms with Crippen LogP contribution in [-0.4, -0.2) is 18.2 Å². The zero-order chi connectivity index (χ0) is 9.84. The molecule has 1 aromatic heterocycles. The molecule has 0 aliphatic heterocycles. The lowest BCUT2D eigenvalue weighted by atomic mass is 10.0. The maximum atomic E-state index is 13.1. The van der Waals surface area contributed by atoms with Crippen LogP contribution in [0.4, 0.5) is 4.39 Å². The Balaban J connectivity index is 2.88. The topological polar surface area (TPSA) is 48.1 Å². The number of hydrogen-bond donors (Lipinski definition) is 1. The smallest absolute Gasteiger partial charge is 0.146 e. The van der Waals surface area contributed by atoms with Gasteiger partial charge < -0.3 is 10.5 Å². The van der Waals surface area contributed by atoms with E-state index in [4.69, 9.17) is 10.5 Å². The van der Waals surface area contributed by atoms with E-state index < -0.39 is 6.04 Å². The molecule has 0 aliphatic carbocycles. The molecule has 1 aromatic rings. The molecule has 0 bridgehead atoms. The first-order chi connectivity index (χ1) is 6.16. The van der Waals surface area contributed by atoms with Crippen molar-refractivity contribution in [2.24, 2.45) is 5.73 Å². The molecule has 0 aromatic carbocycles. The van der Waals surface area contributed by atoms with Gasteiger partial charge in [0.05, 0.1) is 18.3 Å². The highest BCUT2D eigenvalue weighted by atomic mass is 19.1. The number of rotatable bonds is 3. The fourth-order valence-electron chi connectivity index (χ4n) is 1.06. The minimum absolute atomic E-state index is 0.211. The second kappa shape index (κ2) is 4.30. The number of hydrogen-bond acceptors (Lipinski definition) is 3. The molecule has 1 rings (SSSR count). The molecule has 0 radical (unpaired) electrons. The fraction of sp³-hybridized carbons (Fsp3) is 0.444. The second-order valence-electron chi connectivity index (χ2n) is 2.86. The van der Waals surface area contributed by atoms with Crippen molar-refractivity contribution < 1.29 is 9.13 Å². The summed E-state index contributed by atoms with van der Waals surface area (Å²) in [5, 5.41) is 0. The summed E-state index contributed by atoms with van der Waals surface area (Å²) in [4.78, 5) is 3.64. The molecule has 0 saturated heterocycles. The number of pyridine rings is 1. The van der Waals surface area contributed by atoms with Crippen molar-refractivity contribution in [2.75, 3.05) is 7.11 Å². The summed E-state index contributed by atoms with van der Waals surface area (Å²) < 4.78 is 18.1. The van der Waals surface area contributed by atoms with Crippen molar-refractivity contribution in [3.8, 4) is 0 Å². The first kappa shape index (κ1) is 10.1. The molecule has 4 heteroatoms. The molecule has 2 atom stereocenters. The molecular weight excluding hydrogens is 171 g/mol.